The molecule has 1 unspecified atom stereocenters. The van der Waals surface area contributed by atoms with Crippen LogP contribution in [-0.4, -0.2) is 50.4 Å². The molecular weight excluding hydrogens is 609 g/mol. The van der Waals surface area contributed by atoms with E-state index in [1.165, 1.54) is 17.0 Å². The first kappa shape index (κ1) is 32.6. The summed E-state index contributed by atoms with van der Waals surface area (Å²) in [5.74, 6) is -0.581. The van der Waals surface area contributed by atoms with E-state index in [1.807, 2.05) is 6.92 Å². The van der Waals surface area contributed by atoms with E-state index >= 15 is 0 Å². The molecule has 1 fully saturated rings. The molecule has 8 nitrogen and oxygen atoms in total. The summed E-state index contributed by atoms with van der Waals surface area (Å²) in [6, 6.07) is 17.1. The number of hydrogen-bond acceptors (Lipinski definition) is 5. The molecule has 1 atom stereocenters. The molecule has 3 aromatic rings. The number of nitrogens with one attached hydrogen (secondary N) is 1. The molecule has 230 valence electrons. The van der Waals surface area contributed by atoms with Crippen molar-refractivity contribution in [3.63, 3.8) is 0 Å². The quantitative estimate of drug-likeness (QED) is 0.247. The first-order chi connectivity index (χ1) is 20.5. The summed E-state index contributed by atoms with van der Waals surface area (Å²) in [4.78, 5) is 29.0. The number of rotatable bonds is 12. The second kappa shape index (κ2) is 14.5. The normalized spacial score (nSPS) is 14.3. The molecule has 0 spiro atoms. The molecule has 0 aliphatic heterocycles. The van der Waals surface area contributed by atoms with Crippen LogP contribution in [0.1, 0.15) is 50.7 Å². The maximum Gasteiger partial charge on any atom is 0.264 e. The van der Waals surface area contributed by atoms with Crippen molar-refractivity contribution in [2.45, 2.75) is 70.0 Å². The summed E-state index contributed by atoms with van der Waals surface area (Å²) in [6.45, 7) is 4.98. The average Bonchev–Trinajstić information content (AvgIpc) is 3.49. The van der Waals surface area contributed by atoms with E-state index in [9.17, 15) is 18.0 Å². The molecule has 2 amide bonds. The van der Waals surface area contributed by atoms with Crippen LogP contribution in [0.4, 0.5) is 5.69 Å². The van der Waals surface area contributed by atoms with Gasteiger partial charge in [-0.25, -0.2) is 8.42 Å². The molecule has 1 aliphatic rings. The predicted octanol–water partition coefficient (Wildman–Crippen LogP) is 6.37. The van der Waals surface area contributed by atoms with Gasteiger partial charge in [-0.2, -0.15) is 0 Å². The molecule has 0 heterocycles. The molecule has 3 aromatic carbocycles. The Kier molecular flexibility index (Phi) is 11.0. The zero-order valence-electron chi connectivity index (χ0n) is 24.6. The highest BCUT2D eigenvalue weighted by Crippen LogP contribution is 2.33. The van der Waals surface area contributed by atoms with Gasteiger partial charge in [0.2, 0.25) is 11.8 Å². The van der Waals surface area contributed by atoms with E-state index in [-0.39, 0.29) is 29.1 Å². The molecule has 0 radical (unpaired) electrons. The van der Waals surface area contributed by atoms with Gasteiger partial charge in [-0.1, -0.05) is 71.9 Å². The zero-order chi connectivity index (χ0) is 31.1. The van der Waals surface area contributed by atoms with Crippen molar-refractivity contribution in [3.05, 3.63) is 87.9 Å². The second-order valence-corrected chi connectivity index (χ2v) is 13.4. The first-order valence-corrected chi connectivity index (χ1v) is 16.6. The summed E-state index contributed by atoms with van der Waals surface area (Å²) in [7, 11) is -4.23. The minimum Gasteiger partial charge on any atom is -0.492 e. The second-order valence-electron chi connectivity index (χ2n) is 10.6. The van der Waals surface area contributed by atoms with Crippen LogP contribution in [0.25, 0.3) is 0 Å². The van der Waals surface area contributed by atoms with Crippen LogP contribution >= 0.6 is 23.2 Å². The molecule has 0 saturated heterocycles. The van der Waals surface area contributed by atoms with Gasteiger partial charge in [0, 0.05) is 22.6 Å². The SMILES string of the molecule is CCOc1ccccc1N(CC(=O)N(Cc1ccc(Cl)cc1Cl)C(C)C(=O)NC1CCCC1)S(=O)(=O)c1ccc(C)cc1. The Morgan fingerprint density at radius 3 is 2.35 bits per heavy atom. The summed E-state index contributed by atoms with van der Waals surface area (Å²) in [5.41, 5.74) is 1.68. The minimum atomic E-state index is -4.23. The maximum atomic E-state index is 14.2. The standard InChI is InChI=1S/C32H37Cl2N3O5S/c1-4-42-30-12-8-7-11-29(30)37(43(40,41)27-17-13-22(2)14-18-27)21-31(38)36(20-24-15-16-25(33)19-28(24)34)23(3)32(39)35-26-9-5-6-10-26/h7-8,11-19,23,26H,4-6,9-10,20-21H2,1-3H3,(H,35,39). The molecule has 1 N–H and O–H groups in total. The van der Waals surface area contributed by atoms with Gasteiger partial charge in [0.1, 0.15) is 18.3 Å². The number of carbonyl (C=O) groups is 2. The topological polar surface area (TPSA) is 96.0 Å². The van der Waals surface area contributed by atoms with Gasteiger partial charge in [-0.3, -0.25) is 13.9 Å². The average molecular weight is 647 g/mol. The number of aryl methyl sites for hydroxylation is 1. The van der Waals surface area contributed by atoms with E-state index in [0.29, 0.717) is 28.0 Å². The molecule has 1 saturated carbocycles. The highest BCUT2D eigenvalue weighted by atomic mass is 35.5. The number of para-hydroxylation sites is 2. The Labute approximate surface area is 264 Å². The number of sulfonamides is 1. The predicted molar refractivity (Wildman–Crippen MR) is 170 cm³/mol. The van der Waals surface area contributed by atoms with Crippen LogP contribution in [0, 0.1) is 6.92 Å². The van der Waals surface area contributed by atoms with Crippen molar-refractivity contribution in [1.29, 1.82) is 0 Å². The van der Waals surface area contributed by atoms with Gasteiger partial charge in [-0.15, -0.1) is 0 Å². The van der Waals surface area contributed by atoms with Crippen LogP contribution in [-0.2, 0) is 26.2 Å². The lowest BCUT2D eigenvalue weighted by Crippen LogP contribution is -2.52. The highest BCUT2D eigenvalue weighted by Gasteiger charge is 2.34. The van der Waals surface area contributed by atoms with E-state index < -0.39 is 28.5 Å². The van der Waals surface area contributed by atoms with Gasteiger partial charge >= 0.3 is 0 Å². The third-order valence-electron chi connectivity index (χ3n) is 7.55. The minimum absolute atomic E-state index is 0.0246. The Hall–Kier alpha value is -3.27. The van der Waals surface area contributed by atoms with Crippen LogP contribution in [0.3, 0.4) is 0 Å². The van der Waals surface area contributed by atoms with Crippen molar-refractivity contribution in [2.24, 2.45) is 0 Å². The Morgan fingerprint density at radius 2 is 1.70 bits per heavy atom. The number of anilines is 1. The fourth-order valence-corrected chi connectivity index (χ4v) is 6.99. The fourth-order valence-electron chi connectivity index (χ4n) is 5.10. The fraction of sp³-hybridized carbons (Fsp3) is 0.375. The van der Waals surface area contributed by atoms with Crippen molar-refractivity contribution in [3.8, 4) is 5.75 Å². The first-order valence-electron chi connectivity index (χ1n) is 14.4. The third kappa shape index (κ3) is 8.02. The van der Waals surface area contributed by atoms with E-state index in [2.05, 4.69) is 5.32 Å². The maximum absolute atomic E-state index is 14.2. The van der Waals surface area contributed by atoms with Gasteiger partial charge < -0.3 is 15.0 Å². The largest absolute Gasteiger partial charge is 0.492 e. The zero-order valence-corrected chi connectivity index (χ0v) is 26.9. The van der Waals surface area contributed by atoms with Gasteiger partial charge in [0.25, 0.3) is 10.0 Å². The smallest absolute Gasteiger partial charge is 0.264 e. The summed E-state index contributed by atoms with van der Waals surface area (Å²) in [5, 5.41) is 3.82. The van der Waals surface area contributed by atoms with Crippen LogP contribution < -0.4 is 14.4 Å². The van der Waals surface area contributed by atoms with Crippen LogP contribution in [0.5, 0.6) is 5.75 Å². The van der Waals surface area contributed by atoms with E-state index in [4.69, 9.17) is 27.9 Å². The monoisotopic (exact) mass is 645 g/mol. The Morgan fingerprint density at radius 1 is 1.02 bits per heavy atom. The Balaban J connectivity index is 1.74. The van der Waals surface area contributed by atoms with Gasteiger partial charge in [0.15, 0.2) is 0 Å². The van der Waals surface area contributed by atoms with Crippen molar-refractivity contribution in [1.82, 2.24) is 10.2 Å². The van der Waals surface area contributed by atoms with Crippen molar-refractivity contribution < 1.29 is 22.7 Å². The molecular formula is C32H37Cl2N3O5S. The lowest BCUT2D eigenvalue weighted by atomic mass is 10.1. The number of nitrogens with zero attached hydrogens (tertiary/aromatic N) is 2. The molecule has 0 bridgehead atoms. The van der Waals surface area contributed by atoms with Crippen molar-refractivity contribution in [2.75, 3.05) is 17.5 Å². The molecule has 43 heavy (non-hydrogen) atoms. The number of hydrogen-bond donors (Lipinski definition) is 1. The Bertz CT molecular complexity index is 1540. The van der Waals surface area contributed by atoms with Crippen LogP contribution in [0.2, 0.25) is 10.0 Å². The number of ether oxygens (including phenoxy) is 1. The molecule has 1 aliphatic carbocycles. The van der Waals surface area contributed by atoms with Crippen LogP contribution in [0.15, 0.2) is 71.6 Å². The summed E-state index contributed by atoms with van der Waals surface area (Å²) >= 11 is 12.6. The third-order valence-corrected chi connectivity index (χ3v) is 9.91. The van der Waals surface area contributed by atoms with E-state index in [1.54, 1.807) is 68.4 Å². The lowest BCUT2D eigenvalue weighted by molar-refractivity contribution is -0.139. The molecule has 4 rings (SSSR count). The lowest BCUT2D eigenvalue weighted by Gasteiger charge is -2.33. The number of carbonyl (C=O) groups excluding carboxylic acids is 2. The van der Waals surface area contributed by atoms with Gasteiger partial charge in [-0.05, 0) is 75.6 Å². The number of amides is 2. The summed E-state index contributed by atoms with van der Waals surface area (Å²) in [6.07, 6.45) is 3.83. The van der Waals surface area contributed by atoms with Gasteiger partial charge in [0.05, 0.1) is 17.2 Å². The molecule has 0 aromatic heterocycles. The van der Waals surface area contributed by atoms with E-state index in [0.717, 1.165) is 35.6 Å². The molecule has 11 heteroatoms. The highest BCUT2D eigenvalue weighted by molar-refractivity contribution is 7.92. The number of halogens is 2. The number of benzene rings is 3. The summed E-state index contributed by atoms with van der Waals surface area (Å²) < 4.78 is 35.1. The van der Waals surface area contributed by atoms with Crippen molar-refractivity contribution >= 4 is 50.7 Å².